The van der Waals surface area contributed by atoms with Gasteiger partial charge in [0, 0.05) is 19.3 Å². The predicted molar refractivity (Wildman–Crippen MR) is 64.9 cm³/mol. The molecule has 1 heterocycles. The van der Waals surface area contributed by atoms with E-state index in [2.05, 4.69) is 9.82 Å². The highest BCUT2D eigenvalue weighted by Crippen LogP contribution is 1.96. The molecule has 0 fully saturated rings. The molecule has 0 spiro atoms. The second-order valence-electron chi connectivity index (χ2n) is 3.45. The summed E-state index contributed by atoms with van der Waals surface area (Å²) < 4.78 is 31.9. The first-order valence-corrected chi connectivity index (χ1v) is 7.02. The van der Waals surface area contributed by atoms with E-state index in [-0.39, 0.29) is 18.9 Å². The van der Waals surface area contributed by atoms with Crippen LogP contribution in [0.3, 0.4) is 0 Å². The maximum Gasteiger partial charge on any atom is 0.213 e. The minimum atomic E-state index is -3.26. The number of nitrogens with one attached hydrogen (secondary N) is 1. The van der Waals surface area contributed by atoms with Crippen molar-refractivity contribution < 1.29 is 13.2 Å². The zero-order valence-electron chi connectivity index (χ0n) is 9.80. The maximum atomic E-state index is 11.5. The number of nitrogen functional groups attached to an aromatic ring is 1. The Hall–Kier alpha value is -1.12. The number of nitrogens with two attached hydrogens (primary N) is 1. The van der Waals surface area contributed by atoms with Gasteiger partial charge in [-0.1, -0.05) is 0 Å². The summed E-state index contributed by atoms with van der Waals surface area (Å²) in [5.74, 6) is -0.0257. The van der Waals surface area contributed by atoms with Crippen LogP contribution in [0.1, 0.15) is 6.92 Å². The summed E-state index contributed by atoms with van der Waals surface area (Å²) >= 11 is 0. The van der Waals surface area contributed by atoms with Gasteiger partial charge < -0.3 is 10.5 Å². The number of hydrogen-bond acceptors (Lipinski definition) is 5. The Morgan fingerprint density at radius 2 is 2.35 bits per heavy atom. The summed E-state index contributed by atoms with van der Waals surface area (Å²) in [4.78, 5) is 0. The standard InChI is InChI=1S/C9H18N4O3S/c1-2-16-5-6-17(14,15)12-3-4-13-8-9(10)7-11-13/h7-8,12H,2-6,10H2,1H3. The van der Waals surface area contributed by atoms with E-state index in [1.165, 1.54) is 6.20 Å². The Balaban J connectivity index is 2.25. The Labute approximate surface area is 101 Å². The first kappa shape index (κ1) is 13.9. The zero-order valence-corrected chi connectivity index (χ0v) is 10.6. The molecule has 0 unspecified atom stereocenters. The topological polar surface area (TPSA) is 99.2 Å². The van der Waals surface area contributed by atoms with Crippen LogP contribution in [0.5, 0.6) is 0 Å². The molecule has 0 radical (unpaired) electrons. The van der Waals surface area contributed by atoms with E-state index in [1.807, 2.05) is 6.92 Å². The SMILES string of the molecule is CCOCCS(=O)(=O)NCCn1cc(N)cn1. The van der Waals surface area contributed by atoms with Crippen molar-refractivity contribution in [3.05, 3.63) is 12.4 Å². The normalized spacial score (nSPS) is 11.8. The smallest absolute Gasteiger partial charge is 0.213 e. The fourth-order valence-corrected chi connectivity index (χ4v) is 2.09. The van der Waals surface area contributed by atoms with E-state index in [1.54, 1.807) is 10.9 Å². The largest absolute Gasteiger partial charge is 0.396 e. The summed E-state index contributed by atoms with van der Waals surface area (Å²) in [7, 11) is -3.26. The second-order valence-corrected chi connectivity index (χ2v) is 5.37. The van der Waals surface area contributed by atoms with Gasteiger partial charge in [-0.2, -0.15) is 5.10 Å². The van der Waals surface area contributed by atoms with Gasteiger partial charge in [0.1, 0.15) is 0 Å². The molecule has 1 aromatic rings. The Morgan fingerprint density at radius 3 is 2.94 bits per heavy atom. The Bertz CT molecular complexity index is 429. The molecule has 1 aromatic heterocycles. The lowest BCUT2D eigenvalue weighted by atomic mass is 10.6. The fraction of sp³-hybridized carbons (Fsp3) is 0.667. The molecule has 17 heavy (non-hydrogen) atoms. The van der Waals surface area contributed by atoms with Gasteiger partial charge in [0.2, 0.25) is 10.0 Å². The van der Waals surface area contributed by atoms with E-state index < -0.39 is 10.0 Å². The van der Waals surface area contributed by atoms with Gasteiger partial charge in [-0.05, 0) is 6.92 Å². The summed E-state index contributed by atoms with van der Waals surface area (Å²) in [5.41, 5.74) is 6.04. The zero-order chi connectivity index (χ0) is 12.7. The number of ether oxygens (including phenoxy) is 1. The molecule has 0 atom stereocenters. The van der Waals surface area contributed by atoms with Crippen molar-refractivity contribution in [1.82, 2.24) is 14.5 Å². The van der Waals surface area contributed by atoms with E-state index >= 15 is 0 Å². The third kappa shape index (κ3) is 5.66. The van der Waals surface area contributed by atoms with Crippen LogP contribution in [0.4, 0.5) is 5.69 Å². The molecule has 0 aliphatic rings. The van der Waals surface area contributed by atoms with Crippen LogP contribution in [0.25, 0.3) is 0 Å². The van der Waals surface area contributed by atoms with Gasteiger partial charge >= 0.3 is 0 Å². The second kappa shape index (κ2) is 6.58. The summed E-state index contributed by atoms with van der Waals surface area (Å²) in [6.45, 7) is 3.28. The third-order valence-electron chi connectivity index (χ3n) is 2.02. The summed E-state index contributed by atoms with van der Waals surface area (Å²) in [5, 5.41) is 3.94. The van der Waals surface area contributed by atoms with Crippen molar-refractivity contribution in [2.24, 2.45) is 0 Å². The van der Waals surface area contributed by atoms with E-state index in [0.717, 1.165) is 0 Å². The highest BCUT2D eigenvalue weighted by atomic mass is 32.2. The van der Waals surface area contributed by atoms with Gasteiger partial charge in [-0.3, -0.25) is 4.68 Å². The van der Waals surface area contributed by atoms with Crippen LogP contribution in [-0.4, -0.2) is 43.7 Å². The van der Waals surface area contributed by atoms with Gasteiger partial charge in [0.05, 0.1) is 30.8 Å². The average Bonchev–Trinajstić information content (AvgIpc) is 2.64. The molecule has 1 rings (SSSR count). The molecule has 0 aromatic carbocycles. The summed E-state index contributed by atoms with van der Waals surface area (Å²) in [6, 6.07) is 0. The number of nitrogens with zero attached hydrogens (tertiary/aromatic N) is 2. The number of sulfonamides is 1. The summed E-state index contributed by atoms with van der Waals surface area (Å²) in [6.07, 6.45) is 3.16. The molecular formula is C9H18N4O3S. The highest BCUT2D eigenvalue weighted by molar-refractivity contribution is 7.89. The van der Waals surface area contributed by atoms with Crippen LogP contribution >= 0.6 is 0 Å². The molecule has 0 saturated heterocycles. The lowest BCUT2D eigenvalue weighted by Gasteiger charge is -2.06. The molecule has 98 valence electrons. The van der Waals surface area contributed by atoms with Crippen LogP contribution in [-0.2, 0) is 21.3 Å². The van der Waals surface area contributed by atoms with Crippen molar-refractivity contribution in [1.29, 1.82) is 0 Å². The quantitative estimate of drug-likeness (QED) is 0.611. The Kier molecular flexibility index (Phi) is 5.39. The molecule has 0 aliphatic carbocycles. The number of aromatic nitrogens is 2. The number of hydrogen-bond donors (Lipinski definition) is 2. The molecule has 7 nitrogen and oxygen atoms in total. The maximum absolute atomic E-state index is 11.5. The minimum Gasteiger partial charge on any atom is -0.396 e. The molecule has 0 saturated carbocycles. The third-order valence-corrected chi connectivity index (χ3v) is 3.36. The minimum absolute atomic E-state index is 0.0257. The average molecular weight is 262 g/mol. The lowest BCUT2D eigenvalue weighted by Crippen LogP contribution is -2.31. The van der Waals surface area contributed by atoms with Crippen LogP contribution in [0, 0.1) is 0 Å². The van der Waals surface area contributed by atoms with Gasteiger partial charge in [-0.15, -0.1) is 0 Å². The number of rotatable bonds is 8. The molecule has 3 N–H and O–H groups in total. The van der Waals surface area contributed by atoms with Gasteiger partial charge in [0.25, 0.3) is 0 Å². The molecule has 0 aliphatic heterocycles. The monoisotopic (exact) mass is 262 g/mol. The highest BCUT2D eigenvalue weighted by Gasteiger charge is 2.08. The Morgan fingerprint density at radius 1 is 1.59 bits per heavy atom. The first-order chi connectivity index (χ1) is 8.03. The van der Waals surface area contributed by atoms with Gasteiger partial charge in [-0.25, -0.2) is 13.1 Å². The number of anilines is 1. The van der Waals surface area contributed by atoms with E-state index in [4.69, 9.17) is 10.5 Å². The van der Waals surface area contributed by atoms with E-state index in [9.17, 15) is 8.42 Å². The van der Waals surface area contributed by atoms with Crippen molar-refractivity contribution >= 4 is 15.7 Å². The van der Waals surface area contributed by atoms with Crippen LogP contribution in [0.2, 0.25) is 0 Å². The van der Waals surface area contributed by atoms with Crippen LogP contribution in [0.15, 0.2) is 12.4 Å². The van der Waals surface area contributed by atoms with Gasteiger partial charge in [0.15, 0.2) is 0 Å². The van der Waals surface area contributed by atoms with E-state index in [0.29, 0.717) is 18.8 Å². The molecule has 0 bridgehead atoms. The molecule has 8 heteroatoms. The van der Waals surface area contributed by atoms with Crippen molar-refractivity contribution in [3.63, 3.8) is 0 Å². The van der Waals surface area contributed by atoms with Crippen molar-refractivity contribution in [3.8, 4) is 0 Å². The molecular weight excluding hydrogens is 244 g/mol. The van der Waals surface area contributed by atoms with Crippen molar-refractivity contribution in [2.75, 3.05) is 31.2 Å². The molecule has 0 amide bonds. The van der Waals surface area contributed by atoms with Crippen molar-refractivity contribution in [2.45, 2.75) is 13.5 Å². The van der Waals surface area contributed by atoms with Crippen LogP contribution < -0.4 is 10.5 Å². The first-order valence-electron chi connectivity index (χ1n) is 5.36. The lowest BCUT2D eigenvalue weighted by molar-refractivity contribution is 0.163. The predicted octanol–water partition coefficient (Wildman–Crippen LogP) is -0.579. The fourth-order valence-electron chi connectivity index (χ4n) is 1.20.